The normalized spacial score (nSPS) is 13.0. The highest BCUT2D eigenvalue weighted by Gasteiger charge is 2.30. The fraction of sp³-hybridized carbons (Fsp3) is 0.105. The quantitative estimate of drug-likeness (QED) is 0.201. The van der Waals surface area contributed by atoms with E-state index in [9.17, 15) is 15.3 Å². The van der Waals surface area contributed by atoms with Gasteiger partial charge in [-0.25, -0.2) is 9.78 Å². The van der Waals surface area contributed by atoms with E-state index in [0.717, 1.165) is 50.5 Å². The molecule has 0 atom stereocenters. The summed E-state index contributed by atoms with van der Waals surface area (Å²) in [7, 11) is 0. The van der Waals surface area contributed by atoms with Gasteiger partial charge in [0.2, 0.25) is 0 Å². The van der Waals surface area contributed by atoms with Crippen LogP contribution in [-0.2, 0) is 4.74 Å². The third-order valence-electron chi connectivity index (χ3n) is 8.07. The summed E-state index contributed by atoms with van der Waals surface area (Å²) >= 11 is 0. The molecule has 45 heavy (non-hydrogen) atoms. The molecule has 0 saturated carbocycles. The van der Waals surface area contributed by atoms with E-state index in [1.807, 2.05) is 62.4 Å². The number of rotatable bonds is 6. The molecule has 0 radical (unpaired) electrons. The number of fused-ring (bicyclic) bond motifs is 1. The number of aromatic nitrogens is 2. The first kappa shape index (κ1) is 28.9. The van der Waals surface area contributed by atoms with Crippen molar-refractivity contribution in [3.63, 3.8) is 0 Å². The molecular weight excluding hydrogens is 558 g/mol. The highest BCUT2D eigenvalue weighted by molar-refractivity contribution is 6.09. The summed E-state index contributed by atoms with van der Waals surface area (Å²) in [5, 5.41) is 20.0. The Hall–Kier alpha value is -6.18. The lowest BCUT2D eigenvalue weighted by Crippen LogP contribution is -2.05. The van der Waals surface area contributed by atoms with Gasteiger partial charge in [0.1, 0.15) is 18.0 Å². The molecule has 1 aliphatic carbocycles. The van der Waals surface area contributed by atoms with Crippen molar-refractivity contribution in [3.05, 3.63) is 130 Å². The second-order valence-electron chi connectivity index (χ2n) is 10.7. The van der Waals surface area contributed by atoms with Crippen LogP contribution in [-0.4, -0.2) is 22.1 Å². The van der Waals surface area contributed by atoms with Crippen LogP contribution in [0.25, 0.3) is 45.4 Å². The van der Waals surface area contributed by atoms with Crippen LogP contribution in [0.4, 0.5) is 5.82 Å². The van der Waals surface area contributed by atoms with E-state index in [2.05, 4.69) is 58.1 Å². The predicted molar refractivity (Wildman–Crippen MR) is 177 cm³/mol. The third-order valence-corrected chi connectivity index (χ3v) is 8.07. The van der Waals surface area contributed by atoms with Gasteiger partial charge in [0.25, 0.3) is 0 Å². The second kappa shape index (κ2) is 11.8. The Morgan fingerprint density at radius 3 is 2.18 bits per heavy atom. The summed E-state index contributed by atoms with van der Waals surface area (Å²) < 4.78 is 7.40. The molecule has 0 bridgehead atoms. The predicted octanol–water partition coefficient (Wildman–Crippen LogP) is 8.00. The summed E-state index contributed by atoms with van der Waals surface area (Å²) in [6.07, 6.45) is 2.07. The maximum absolute atomic E-state index is 12.4. The minimum absolute atomic E-state index is 0.115. The van der Waals surface area contributed by atoms with Gasteiger partial charge < -0.3 is 15.0 Å². The van der Waals surface area contributed by atoms with Gasteiger partial charge in [-0.2, -0.15) is 10.5 Å². The molecule has 2 N–H and O–H groups in total. The number of benzene rings is 3. The standard InChI is InChI=1S/C38H29N5O2/c1-4-45-38(44)27-15-17-29(18-16-27)43-33(25-11-7-5-8-12-25)20-28(36(43)26-13-9-6-10-14-26)19-30-23(2)31(21-39)35-34(30)24(3)32(22-40)37(41)42-35/h5-20H,4H2,1-3H3,(H2,41,42). The first-order chi connectivity index (χ1) is 21.9. The Morgan fingerprint density at radius 1 is 0.933 bits per heavy atom. The number of anilines is 1. The van der Waals surface area contributed by atoms with E-state index >= 15 is 0 Å². The molecule has 1 aliphatic rings. The first-order valence-electron chi connectivity index (χ1n) is 14.6. The van der Waals surface area contributed by atoms with Crippen molar-refractivity contribution in [3.8, 4) is 40.3 Å². The third kappa shape index (κ3) is 4.97. The van der Waals surface area contributed by atoms with Gasteiger partial charge in [-0.3, -0.25) is 0 Å². The Labute approximate surface area is 261 Å². The molecule has 5 aromatic rings. The van der Waals surface area contributed by atoms with Crippen LogP contribution < -0.4 is 5.73 Å². The minimum atomic E-state index is -0.370. The SMILES string of the molecule is CCOC(=O)c1ccc(-n2c(-c3ccccc3)cc(C=C3C(C)=C(C#N)c4nc(N)c(C#N)c(C)c43)c2-c2ccccc2)cc1. The number of hydrogen-bond acceptors (Lipinski definition) is 6. The monoisotopic (exact) mass is 587 g/mol. The minimum Gasteiger partial charge on any atom is -0.462 e. The van der Waals surface area contributed by atoms with Gasteiger partial charge >= 0.3 is 5.97 Å². The summed E-state index contributed by atoms with van der Waals surface area (Å²) in [6.45, 7) is 5.83. The average molecular weight is 588 g/mol. The zero-order valence-corrected chi connectivity index (χ0v) is 25.1. The average Bonchev–Trinajstić information content (AvgIpc) is 3.57. The van der Waals surface area contributed by atoms with Crippen molar-refractivity contribution in [2.45, 2.75) is 20.8 Å². The Bertz CT molecular complexity index is 2110. The smallest absolute Gasteiger partial charge is 0.338 e. The molecule has 0 fully saturated rings. The number of carbonyl (C=O) groups is 1. The van der Waals surface area contributed by atoms with Gasteiger partial charge in [-0.05, 0) is 85.0 Å². The number of pyridine rings is 1. The van der Waals surface area contributed by atoms with Crippen LogP contribution >= 0.6 is 0 Å². The first-order valence-corrected chi connectivity index (χ1v) is 14.6. The van der Waals surface area contributed by atoms with Gasteiger partial charge in [-0.15, -0.1) is 0 Å². The van der Waals surface area contributed by atoms with Crippen LogP contribution in [0.15, 0.2) is 96.6 Å². The van der Waals surface area contributed by atoms with Gasteiger partial charge in [0, 0.05) is 16.8 Å². The van der Waals surface area contributed by atoms with Crippen molar-refractivity contribution in [2.75, 3.05) is 12.3 Å². The summed E-state index contributed by atoms with van der Waals surface area (Å²) in [5.74, 6) is -0.255. The summed E-state index contributed by atoms with van der Waals surface area (Å²) in [5.41, 5.74) is 16.5. The van der Waals surface area contributed by atoms with E-state index in [1.54, 1.807) is 19.1 Å². The topological polar surface area (TPSA) is 118 Å². The molecule has 6 rings (SSSR count). The molecule has 2 aromatic heterocycles. The molecule has 0 aliphatic heterocycles. The Balaban J connectivity index is 1.67. The van der Waals surface area contributed by atoms with Crippen molar-refractivity contribution in [1.29, 1.82) is 10.5 Å². The number of nitrogen functional groups attached to an aromatic ring is 1. The van der Waals surface area contributed by atoms with Crippen molar-refractivity contribution < 1.29 is 9.53 Å². The number of nitrogens with two attached hydrogens (primary N) is 1. The molecule has 3 aromatic carbocycles. The van der Waals surface area contributed by atoms with Crippen LogP contribution in [0.1, 0.15) is 52.2 Å². The van der Waals surface area contributed by atoms with Crippen molar-refractivity contribution in [2.24, 2.45) is 0 Å². The van der Waals surface area contributed by atoms with Crippen molar-refractivity contribution >= 4 is 29.0 Å². The van der Waals surface area contributed by atoms with E-state index in [-0.39, 0.29) is 11.8 Å². The van der Waals surface area contributed by atoms with E-state index in [4.69, 9.17) is 10.5 Å². The molecule has 7 heteroatoms. The number of hydrogen-bond donors (Lipinski definition) is 1. The van der Waals surface area contributed by atoms with Crippen LogP contribution in [0, 0.1) is 29.6 Å². The van der Waals surface area contributed by atoms with Crippen LogP contribution in [0.5, 0.6) is 0 Å². The zero-order chi connectivity index (χ0) is 31.7. The fourth-order valence-electron chi connectivity index (χ4n) is 5.93. The molecule has 0 spiro atoms. The number of carbonyl (C=O) groups excluding carboxylic acids is 1. The van der Waals surface area contributed by atoms with Crippen LogP contribution in [0.2, 0.25) is 0 Å². The van der Waals surface area contributed by atoms with Gasteiger partial charge in [0.05, 0.1) is 40.4 Å². The Morgan fingerprint density at radius 2 is 1.58 bits per heavy atom. The van der Waals surface area contributed by atoms with Gasteiger partial charge in [0.15, 0.2) is 0 Å². The molecule has 0 saturated heterocycles. The highest BCUT2D eigenvalue weighted by Crippen LogP contribution is 2.46. The largest absolute Gasteiger partial charge is 0.462 e. The maximum atomic E-state index is 12.4. The highest BCUT2D eigenvalue weighted by atomic mass is 16.5. The molecule has 218 valence electrons. The molecule has 0 unspecified atom stereocenters. The van der Waals surface area contributed by atoms with Crippen molar-refractivity contribution in [1.82, 2.24) is 9.55 Å². The molecule has 7 nitrogen and oxygen atoms in total. The molecule has 2 heterocycles. The second-order valence-corrected chi connectivity index (χ2v) is 10.7. The number of nitriles is 2. The lowest BCUT2D eigenvalue weighted by atomic mass is 9.95. The van der Waals surface area contributed by atoms with E-state index < -0.39 is 0 Å². The van der Waals surface area contributed by atoms with Crippen LogP contribution in [0.3, 0.4) is 0 Å². The van der Waals surface area contributed by atoms with E-state index in [1.165, 1.54) is 0 Å². The Kier molecular flexibility index (Phi) is 7.61. The summed E-state index contributed by atoms with van der Waals surface area (Å²) in [4.78, 5) is 17.0. The fourth-order valence-corrected chi connectivity index (χ4v) is 5.93. The van der Waals surface area contributed by atoms with E-state index in [0.29, 0.717) is 34.6 Å². The number of ether oxygens (including phenoxy) is 1. The molecular formula is C38H29N5O2. The van der Waals surface area contributed by atoms with Gasteiger partial charge in [-0.1, -0.05) is 60.7 Å². The molecule has 0 amide bonds. The lowest BCUT2D eigenvalue weighted by Gasteiger charge is -2.16. The number of allylic oxidation sites excluding steroid dienone is 3. The number of nitrogens with zero attached hydrogens (tertiary/aromatic N) is 4. The number of esters is 1. The zero-order valence-electron chi connectivity index (χ0n) is 25.1. The lowest BCUT2D eigenvalue weighted by molar-refractivity contribution is 0.0526. The maximum Gasteiger partial charge on any atom is 0.338 e. The summed E-state index contributed by atoms with van der Waals surface area (Å²) in [6, 6.07) is 34.2.